The van der Waals surface area contributed by atoms with Gasteiger partial charge in [-0.15, -0.1) is 0 Å². The van der Waals surface area contributed by atoms with Crippen molar-refractivity contribution in [3.63, 3.8) is 0 Å². The Morgan fingerprint density at radius 1 is 0.857 bits per heavy atom. The molecule has 0 unspecified atom stereocenters. The molecule has 0 radical (unpaired) electrons. The first-order chi connectivity index (χ1) is 13.7. The van der Waals surface area contributed by atoms with Crippen LogP contribution in [0, 0.1) is 0 Å². The van der Waals surface area contributed by atoms with E-state index in [1.165, 1.54) is 31.2 Å². The Labute approximate surface area is 174 Å². The quantitative estimate of drug-likeness (QED) is 0.754. The van der Waals surface area contributed by atoms with Gasteiger partial charge in [-0.2, -0.15) is 0 Å². The van der Waals surface area contributed by atoms with Crippen LogP contribution in [0.5, 0.6) is 0 Å². The fourth-order valence-electron chi connectivity index (χ4n) is 4.85. The standard InChI is InChI=1S/C22H33ClN4O/c23-20-7-5-19(6-8-20)17-24-9-11-25(12-10-24)18-22(28)27-15-13-26(14-16-27)21-3-1-2-4-21/h5-8,21H,1-4,9-18H2. The number of rotatable bonds is 5. The number of carbonyl (C=O) groups excluding carboxylic acids is 1. The lowest BCUT2D eigenvalue weighted by Gasteiger charge is -2.39. The van der Waals surface area contributed by atoms with E-state index in [4.69, 9.17) is 11.6 Å². The molecule has 1 aromatic rings. The van der Waals surface area contributed by atoms with E-state index in [0.717, 1.165) is 70.0 Å². The van der Waals surface area contributed by atoms with Gasteiger partial charge in [-0.25, -0.2) is 0 Å². The molecule has 2 aliphatic heterocycles. The molecule has 5 nitrogen and oxygen atoms in total. The van der Waals surface area contributed by atoms with Crippen molar-refractivity contribution in [3.05, 3.63) is 34.9 Å². The summed E-state index contributed by atoms with van der Waals surface area (Å²) in [5.74, 6) is 0.317. The highest BCUT2D eigenvalue weighted by Crippen LogP contribution is 2.24. The Hall–Kier alpha value is -1.14. The van der Waals surface area contributed by atoms with Gasteiger partial charge in [-0.3, -0.25) is 19.5 Å². The second-order valence-electron chi connectivity index (χ2n) is 8.53. The molecule has 1 aromatic carbocycles. The SMILES string of the molecule is O=C(CN1CCN(Cc2ccc(Cl)cc2)CC1)N1CCN(C2CCCC2)CC1. The number of amides is 1. The molecule has 0 spiro atoms. The van der Waals surface area contributed by atoms with E-state index in [-0.39, 0.29) is 0 Å². The zero-order valence-corrected chi connectivity index (χ0v) is 17.6. The summed E-state index contributed by atoms with van der Waals surface area (Å²) in [6, 6.07) is 8.90. The van der Waals surface area contributed by atoms with Gasteiger partial charge < -0.3 is 4.90 Å². The summed E-state index contributed by atoms with van der Waals surface area (Å²) in [7, 11) is 0. The third-order valence-electron chi connectivity index (χ3n) is 6.65. The van der Waals surface area contributed by atoms with Crippen LogP contribution < -0.4 is 0 Å². The lowest BCUT2D eigenvalue weighted by atomic mass is 10.1. The van der Waals surface area contributed by atoms with Gasteiger partial charge in [0.15, 0.2) is 0 Å². The summed E-state index contributed by atoms with van der Waals surface area (Å²) in [5.41, 5.74) is 1.30. The predicted octanol–water partition coefficient (Wildman–Crippen LogP) is 2.54. The first-order valence-corrected chi connectivity index (χ1v) is 11.3. The van der Waals surface area contributed by atoms with Gasteiger partial charge in [0, 0.05) is 70.0 Å². The van der Waals surface area contributed by atoms with Crippen molar-refractivity contribution in [2.45, 2.75) is 38.3 Å². The summed E-state index contributed by atoms with van der Waals surface area (Å²) in [4.78, 5) is 22.2. The molecular formula is C22H33ClN4O. The van der Waals surface area contributed by atoms with E-state index >= 15 is 0 Å². The van der Waals surface area contributed by atoms with Gasteiger partial charge in [0.25, 0.3) is 0 Å². The number of benzene rings is 1. The van der Waals surface area contributed by atoms with Crippen molar-refractivity contribution in [3.8, 4) is 0 Å². The highest BCUT2D eigenvalue weighted by molar-refractivity contribution is 6.30. The van der Waals surface area contributed by atoms with Crippen LogP contribution in [0.25, 0.3) is 0 Å². The molecule has 2 heterocycles. The van der Waals surface area contributed by atoms with Gasteiger partial charge >= 0.3 is 0 Å². The zero-order chi connectivity index (χ0) is 19.3. The summed E-state index contributed by atoms with van der Waals surface area (Å²) >= 11 is 5.97. The minimum Gasteiger partial charge on any atom is -0.339 e. The highest BCUT2D eigenvalue weighted by atomic mass is 35.5. The van der Waals surface area contributed by atoms with E-state index in [1.807, 2.05) is 12.1 Å². The highest BCUT2D eigenvalue weighted by Gasteiger charge is 2.28. The largest absolute Gasteiger partial charge is 0.339 e. The average Bonchev–Trinajstić information content (AvgIpc) is 3.26. The second-order valence-corrected chi connectivity index (χ2v) is 8.97. The first kappa shape index (κ1) is 20.1. The number of halogens is 1. The molecular weight excluding hydrogens is 372 g/mol. The topological polar surface area (TPSA) is 30.0 Å². The minimum absolute atomic E-state index is 0.317. The molecule has 4 rings (SSSR count). The van der Waals surface area contributed by atoms with Crippen LogP contribution in [0.4, 0.5) is 0 Å². The van der Waals surface area contributed by atoms with Crippen LogP contribution in [-0.4, -0.2) is 90.5 Å². The predicted molar refractivity (Wildman–Crippen MR) is 114 cm³/mol. The van der Waals surface area contributed by atoms with Gasteiger partial charge in [0.2, 0.25) is 5.91 Å². The molecule has 0 atom stereocenters. The van der Waals surface area contributed by atoms with Gasteiger partial charge in [0.1, 0.15) is 0 Å². The lowest BCUT2D eigenvalue weighted by molar-refractivity contribution is -0.135. The fraction of sp³-hybridized carbons (Fsp3) is 0.682. The smallest absolute Gasteiger partial charge is 0.236 e. The number of hydrogen-bond donors (Lipinski definition) is 0. The third-order valence-corrected chi connectivity index (χ3v) is 6.90. The van der Waals surface area contributed by atoms with E-state index in [0.29, 0.717) is 12.5 Å². The van der Waals surface area contributed by atoms with Gasteiger partial charge in [-0.1, -0.05) is 36.6 Å². The van der Waals surface area contributed by atoms with E-state index < -0.39 is 0 Å². The van der Waals surface area contributed by atoms with Crippen LogP contribution in [0.3, 0.4) is 0 Å². The molecule has 0 bridgehead atoms. The van der Waals surface area contributed by atoms with Crippen LogP contribution in [-0.2, 0) is 11.3 Å². The van der Waals surface area contributed by atoms with Crippen LogP contribution in [0.15, 0.2) is 24.3 Å². The Balaban J connectivity index is 1.16. The molecule has 0 aromatic heterocycles. The molecule has 1 aliphatic carbocycles. The van der Waals surface area contributed by atoms with Crippen molar-refractivity contribution >= 4 is 17.5 Å². The van der Waals surface area contributed by atoms with E-state index in [9.17, 15) is 4.79 Å². The maximum Gasteiger partial charge on any atom is 0.236 e. The van der Waals surface area contributed by atoms with Crippen molar-refractivity contribution < 1.29 is 4.79 Å². The Morgan fingerprint density at radius 2 is 1.46 bits per heavy atom. The molecule has 1 saturated carbocycles. The Morgan fingerprint density at radius 3 is 2.11 bits per heavy atom. The first-order valence-electron chi connectivity index (χ1n) is 10.9. The number of piperazine rings is 2. The number of nitrogens with zero attached hydrogens (tertiary/aromatic N) is 4. The fourth-order valence-corrected chi connectivity index (χ4v) is 4.98. The zero-order valence-electron chi connectivity index (χ0n) is 16.9. The van der Waals surface area contributed by atoms with Gasteiger partial charge in [-0.05, 0) is 30.5 Å². The Bertz CT molecular complexity index is 630. The molecule has 6 heteroatoms. The van der Waals surface area contributed by atoms with Crippen LogP contribution in [0.2, 0.25) is 5.02 Å². The maximum atomic E-state index is 12.7. The minimum atomic E-state index is 0.317. The van der Waals surface area contributed by atoms with Crippen molar-refractivity contribution in [2.24, 2.45) is 0 Å². The second kappa shape index (κ2) is 9.57. The number of hydrogen-bond acceptors (Lipinski definition) is 4. The average molecular weight is 405 g/mol. The molecule has 3 aliphatic rings. The normalized spacial score (nSPS) is 23.4. The molecule has 28 heavy (non-hydrogen) atoms. The van der Waals surface area contributed by atoms with Gasteiger partial charge in [0.05, 0.1) is 6.54 Å². The monoisotopic (exact) mass is 404 g/mol. The van der Waals surface area contributed by atoms with Crippen molar-refractivity contribution in [1.29, 1.82) is 0 Å². The molecule has 3 fully saturated rings. The number of carbonyl (C=O) groups is 1. The van der Waals surface area contributed by atoms with Crippen LogP contribution >= 0.6 is 11.6 Å². The van der Waals surface area contributed by atoms with E-state index in [2.05, 4.69) is 31.7 Å². The summed E-state index contributed by atoms with van der Waals surface area (Å²) in [5, 5.41) is 0.788. The molecule has 154 valence electrons. The molecule has 1 amide bonds. The Kier molecular flexibility index (Phi) is 6.89. The molecule has 0 N–H and O–H groups in total. The van der Waals surface area contributed by atoms with Crippen molar-refractivity contribution in [2.75, 3.05) is 58.9 Å². The third kappa shape index (κ3) is 5.26. The molecule has 2 saturated heterocycles. The maximum absolute atomic E-state index is 12.7. The van der Waals surface area contributed by atoms with Crippen LogP contribution in [0.1, 0.15) is 31.2 Å². The van der Waals surface area contributed by atoms with E-state index in [1.54, 1.807) is 0 Å². The summed E-state index contributed by atoms with van der Waals surface area (Å²) in [6.45, 7) is 9.47. The van der Waals surface area contributed by atoms with Crippen molar-refractivity contribution in [1.82, 2.24) is 19.6 Å². The summed E-state index contributed by atoms with van der Waals surface area (Å²) in [6.07, 6.45) is 5.48. The lowest BCUT2D eigenvalue weighted by Crippen LogP contribution is -2.54. The summed E-state index contributed by atoms with van der Waals surface area (Å²) < 4.78 is 0.